The molecule has 90 valence electrons. The van der Waals surface area contributed by atoms with Crippen LogP contribution in [-0.4, -0.2) is 16.3 Å². The third-order valence-corrected chi connectivity index (χ3v) is 2.81. The molecular weight excluding hydrogens is 210 g/mol. The molecule has 17 heavy (non-hydrogen) atoms. The summed E-state index contributed by atoms with van der Waals surface area (Å²) in [4.78, 5) is 0. The van der Waals surface area contributed by atoms with Crippen molar-refractivity contribution in [1.29, 1.82) is 0 Å². The van der Waals surface area contributed by atoms with Gasteiger partial charge in [0.05, 0.1) is 11.7 Å². The summed E-state index contributed by atoms with van der Waals surface area (Å²) in [5, 5.41) is 7.97. The number of rotatable bonds is 4. The first kappa shape index (κ1) is 11.9. The topological polar surface area (TPSA) is 29.9 Å². The third-order valence-electron chi connectivity index (χ3n) is 2.81. The molecule has 0 bridgehead atoms. The second kappa shape index (κ2) is 5.15. The smallest absolute Gasteiger partial charge is 0.0839 e. The molecule has 1 atom stereocenters. The molecule has 1 aromatic heterocycles. The number of benzene rings is 1. The highest BCUT2D eigenvalue weighted by Crippen LogP contribution is 2.21. The predicted octanol–water partition coefficient (Wildman–Crippen LogP) is 2.43. The molecule has 1 heterocycles. The van der Waals surface area contributed by atoms with Crippen molar-refractivity contribution in [2.24, 2.45) is 7.05 Å². The largest absolute Gasteiger partial charge is 0.305 e. The van der Waals surface area contributed by atoms with Crippen molar-refractivity contribution in [3.8, 4) is 0 Å². The lowest BCUT2D eigenvalue weighted by Gasteiger charge is -2.16. The highest BCUT2D eigenvalue weighted by atomic mass is 15.3. The van der Waals surface area contributed by atoms with E-state index in [1.807, 2.05) is 17.9 Å². The van der Waals surface area contributed by atoms with E-state index in [1.54, 1.807) is 0 Å². The molecular formula is C14H19N3. The van der Waals surface area contributed by atoms with E-state index in [0.717, 1.165) is 12.2 Å². The van der Waals surface area contributed by atoms with Crippen molar-refractivity contribution in [2.75, 3.05) is 6.54 Å². The van der Waals surface area contributed by atoms with E-state index < -0.39 is 0 Å². The summed E-state index contributed by atoms with van der Waals surface area (Å²) in [7, 11) is 1.95. The average Bonchev–Trinajstić information content (AvgIpc) is 2.72. The van der Waals surface area contributed by atoms with Crippen molar-refractivity contribution >= 4 is 0 Å². The van der Waals surface area contributed by atoms with E-state index in [0.29, 0.717) is 0 Å². The molecule has 0 amide bonds. The second-order valence-electron chi connectivity index (χ2n) is 4.32. The fraction of sp³-hybridized carbons (Fsp3) is 0.357. The van der Waals surface area contributed by atoms with Gasteiger partial charge < -0.3 is 5.32 Å². The van der Waals surface area contributed by atoms with Crippen LogP contribution in [0.1, 0.15) is 29.8 Å². The zero-order valence-electron chi connectivity index (χ0n) is 10.6. The lowest BCUT2D eigenvalue weighted by atomic mass is 10.0. The van der Waals surface area contributed by atoms with Crippen LogP contribution in [0.5, 0.6) is 0 Å². The maximum atomic E-state index is 4.49. The summed E-state index contributed by atoms with van der Waals surface area (Å²) in [6.07, 6.45) is 1.98. The van der Waals surface area contributed by atoms with Crippen LogP contribution in [0.4, 0.5) is 0 Å². The lowest BCUT2D eigenvalue weighted by Crippen LogP contribution is -2.22. The zero-order valence-corrected chi connectivity index (χ0v) is 10.6. The monoisotopic (exact) mass is 229 g/mol. The van der Waals surface area contributed by atoms with E-state index in [9.17, 15) is 0 Å². The fourth-order valence-electron chi connectivity index (χ4n) is 2.03. The zero-order chi connectivity index (χ0) is 12.3. The maximum absolute atomic E-state index is 4.49. The Kier molecular flexibility index (Phi) is 3.59. The van der Waals surface area contributed by atoms with Crippen LogP contribution in [-0.2, 0) is 7.05 Å². The van der Waals surface area contributed by atoms with Gasteiger partial charge in [-0.15, -0.1) is 0 Å². The van der Waals surface area contributed by atoms with E-state index in [2.05, 4.69) is 54.6 Å². The van der Waals surface area contributed by atoms with Crippen LogP contribution in [0.3, 0.4) is 0 Å². The van der Waals surface area contributed by atoms with Gasteiger partial charge in [-0.3, -0.25) is 4.68 Å². The van der Waals surface area contributed by atoms with Gasteiger partial charge in [0, 0.05) is 13.2 Å². The molecule has 0 saturated heterocycles. The van der Waals surface area contributed by atoms with Crippen LogP contribution in [0.2, 0.25) is 0 Å². The van der Waals surface area contributed by atoms with Gasteiger partial charge in [0.1, 0.15) is 0 Å². The first-order valence-electron chi connectivity index (χ1n) is 6.00. The Labute approximate surface area is 102 Å². The Morgan fingerprint density at radius 3 is 2.76 bits per heavy atom. The van der Waals surface area contributed by atoms with Crippen molar-refractivity contribution in [2.45, 2.75) is 19.9 Å². The predicted molar refractivity (Wildman–Crippen MR) is 69.9 cm³/mol. The van der Waals surface area contributed by atoms with Crippen molar-refractivity contribution in [1.82, 2.24) is 15.1 Å². The van der Waals surface area contributed by atoms with Gasteiger partial charge >= 0.3 is 0 Å². The summed E-state index contributed by atoms with van der Waals surface area (Å²) in [6.45, 7) is 5.16. The molecule has 1 unspecified atom stereocenters. The Hall–Kier alpha value is -1.61. The molecule has 0 aliphatic heterocycles. The van der Waals surface area contributed by atoms with Crippen LogP contribution in [0.25, 0.3) is 0 Å². The van der Waals surface area contributed by atoms with Crippen LogP contribution < -0.4 is 5.32 Å². The van der Waals surface area contributed by atoms with Crippen molar-refractivity contribution < 1.29 is 0 Å². The summed E-state index contributed by atoms with van der Waals surface area (Å²) in [6, 6.07) is 10.8. The Morgan fingerprint density at radius 2 is 2.18 bits per heavy atom. The van der Waals surface area contributed by atoms with Crippen LogP contribution >= 0.6 is 0 Å². The van der Waals surface area contributed by atoms with Gasteiger partial charge in [-0.1, -0.05) is 36.8 Å². The maximum Gasteiger partial charge on any atom is 0.0839 e. The first-order chi connectivity index (χ1) is 8.20. The first-order valence-corrected chi connectivity index (χ1v) is 6.00. The quantitative estimate of drug-likeness (QED) is 0.872. The molecule has 1 N–H and O–H groups in total. The molecule has 1 aromatic carbocycles. The molecule has 3 heteroatoms. The molecule has 2 aromatic rings. The van der Waals surface area contributed by atoms with Gasteiger partial charge in [-0.25, -0.2) is 0 Å². The fourth-order valence-corrected chi connectivity index (χ4v) is 2.03. The summed E-state index contributed by atoms with van der Waals surface area (Å²) in [5.74, 6) is 0. The molecule has 0 aliphatic carbocycles. The van der Waals surface area contributed by atoms with Crippen LogP contribution in [0, 0.1) is 6.92 Å². The van der Waals surface area contributed by atoms with Gasteiger partial charge in [0.2, 0.25) is 0 Å². The lowest BCUT2D eigenvalue weighted by molar-refractivity contribution is 0.599. The number of aryl methyl sites for hydroxylation is 2. The highest BCUT2D eigenvalue weighted by Gasteiger charge is 2.15. The minimum absolute atomic E-state index is 0.182. The Morgan fingerprint density at radius 1 is 1.35 bits per heavy atom. The van der Waals surface area contributed by atoms with Crippen molar-refractivity contribution in [3.05, 3.63) is 53.3 Å². The average molecular weight is 229 g/mol. The number of aromatic nitrogens is 2. The molecule has 0 radical (unpaired) electrons. The van der Waals surface area contributed by atoms with Gasteiger partial charge in [0.25, 0.3) is 0 Å². The van der Waals surface area contributed by atoms with E-state index in [4.69, 9.17) is 0 Å². The standard InChI is InChI=1S/C14H19N3/c1-4-15-14(13-8-9-17(3)16-13)12-7-5-6-11(2)10-12/h5-10,14-15H,4H2,1-3H3. The number of hydrogen-bond acceptors (Lipinski definition) is 2. The molecule has 0 aliphatic rings. The molecule has 2 rings (SSSR count). The molecule has 0 saturated carbocycles. The highest BCUT2D eigenvalue weighted by molar-refractivity contribution is 5.30. The van der Waals surface area contributed by atoms with E-state index in [1.165, 1.54) is 11.1 Å². The van der Waals surface area contributed by atoms with Gasteiger partial charge in [-0.2, -0.15) is 5.10 Å². The molecule has 0 spiro atoms. The van der Waals surface area contributed by atoms with E-state index in [-0.39, 0.29) is 6.04 Å². The van der Waals surface area contributed by atoms with Gasteiger partial charge in [0.15, 0.2) is 0 Å². The number of nitrogens with zero attached hydrogens (tertiary/aromatic N) is 2. The SMILES string of the molecule is CCNC(c1cccc(C)c1)c1ccn(C)n1. The Balaban J connectivity index is 2.35. The van der Waals surface area contributed by atoms with Crippen molar-refractivity contribution in [3.63, 3.8) is 0 Å². The van der Waals surface area contributed by atoms with Gasteiger partial charge in [-0.05, 0) is 25.1 Å². The summed E-state index contributed by atoms with van der Waals surface area (Å²) < 4.78 is 1.84. The van der Waals surface area contributed by atoms with E-state index >= 15 is 0 Å². The minimum atomic E-state index is 0.182. The summed E-state index contributed by atoms with van der Waals surface area (Å²) >= 11 is 0. The minimum Gasteiger partial charge on any atom is -0.305 e. The molecule has 0 fully saturated rings. The third kappa shape index (κ3) is 2.74. The van der Waals surface area contributed by atoms with Crippen LogP contribution in [0.15, 0.2) is 36.5 Å². The number of hydrogen-bond donors (Lipinski definition) is 1. The number of nitrogens with one attached hydrogen (secondary N) is 1. The Bertz CT molecular complexity index is 488. The normalized spacial score (nSPS) is 12.6. The molecule has 3 nitrogen and oxygen atoms in total. The second-order valence-corrected chi connectivity index (χ2v) is 4.32. The summed E-state index contributed by atoms with van der Waals surface area (Å²) in [5.41, 5.74) is 3.62.